The molecule has 0 saturated carbocycles. The van der Waals surface area contributed by atoms with Crippen LogP contribution >= 0.6 is 27.3 Å². The lowest BCUT2D eigenvalue weighted by atomic mass is 10.0. The zero-order valence-electron chi connectivity index (χ0n) is 15.7. The fourth-order valence-electron chi connectivity index (χ4n) is 3.09. The van der Waals surface area contributed by atoms with E-state index in [0.717, 1.165) is 15.6 Å². The Labute approximate surface area is 170 Å². The zero-order valence-corrected chi connectivity index (χ0v) is 18.1. The standard InChI is InChI=1S/C20H21BrN2O3S/c1-5-15-22-17-16(14(11-27-17)12-7-9-13(21)10-8-12)18(24)23(15)20(3,4)19(25)26-6-2/h7-11H,5-6H2,1-4H3. The average molecular weight is 449 g/mol. The van der Waals surface area contributed by atoms with Crippen LogP contribution in [0.15, 0.2) is 38.9 Å². The normalized spacial score (nSPS) is 11.7. The highest BCUT2D eigenvalue weighted by atomic mass is 79.9. The van der Waals surface area contributed by atoms with Crippen molar-refractivity contribution in [2.45, 2.75) is 39.7 Å². The fourth-order valence-corrected chi connectivity index (χ4v) is 4.31. The van der Waals surface area contributed by atoms with Crippen LogP contribution in [0.1, 0.15) is 33.5 Å². The highest BCUT2D eigenvalue weighted by molar-refractivity contribution is 9.10. The number of fused-ring (bicyclic) bond motifs is 1. The van der Waals surface area contributed by atoms with E-state index in [1.807, 2.05) is 36.6 Å². The molecule has 0 N–H and O–H groups in total. The molecule has 3 aromatic rings. The van der Waals surface area contributed by atoms with Gasteiger partial charge in [-0.15, -0.1) is 11.3 Å². The SMILES string of the molecule is CCOC(=O)C(C)(C)n1c(CC)nc2scc(-c3ccc(Br)cc3)c2c1=O. The fraction of sp³-hybridized carbons (Fsp3) is 0.350. The number of aromatic nitrogens is 2. The Bertz CT molecular complexity index is 1050. The van der Waals surface area contributed by atoms with Gasteiger partial charge in [-0.1, -0.05) is 35.0 Å². The van der Waals surface area contributed by atoms with E-state index in [1.165, 1.54) is 15.9 Å². The summed E-state index contributed by atoms with van der Waals surface area (Å²) in [6.45, 7) is 7.34. The van der Waals surface area contributed by atoms with Gasteiger partial charge in [-0.25, -0.2) is 9.78 Å². The number of benzene rings is 1. The first kappa shape index (κ1) is 19.8. The van der Waals surface area contributed by atoms with Gasteiger partial charge >= 0.3 is 5.97 Å². The van der Waals surface area contributed by atoms with Crippen molar-refractivity contribution >= 4 is 43.5 Å². The van der Waals surface area contributed by atoms with Crippen LogP contribution in [0.4, 0.5) is 0 Å². The highest BCUT2D eigenvalue weighted by Crippen LogP contribution is 2.32. The number of hydrogen-bond donors (Lipinski definition) is 0. The molecule has 5 nitrogen and oxygen atoms in total. The molecule has 27 heavy (non-hydrogen) atoms. The van der Waals surface area contributed by atoms with E-state index in [4.69, 9.17) is 9.72 Å². The van der Waals surface area contributed by atoms with Gasteiger partial charge in [0.1, 0.15) is 16.2 Å². The third-order valence-corrected chi connectivity index (χ3v) is 5.88. The number of ether oxygens (including phenoxy) is 1. The first-order chi connectivity index (χ1) is 12.8. The van der Waals surface area contributed by atoms with Crippen LogP contribution in [0, 0.1) is 0 Å². The summed E-state index contributed by atoms with van der Waals surface area (Å²) in [7, 11) is 0. The van der Waals surface area contributed by atoms with Crippen molar-refractivity contribution in [3.63, 3.8) is 0 Å². The molecular weight excluding hydrogens is 428 g/mol. The third kappa shape index (κ3) is 3.46. The summed E-state index contributed by atoms with van der Waals surface area (Å²) in [5.41, 5.74) is 0.414. The van der Waals surface area contributed by atoms with E-state index < -0.39 is 11.5 Å². The minimum absolute atomic E-state index is 0.214. The maximum absolute atomic E-state index is 13.5. The molecule has 0 saturated heterocycles. The zero-order chi connectivity index (χ0) is 19.8. The molecule has 0 atom stereocenters. The van der Waals surface area contributed by atoms with Gasteiger partial charge in [0, 0.05) is 21.8 Å². The Hall–Kier alpha value is -1.99. The smallest absolute Gasteiger partial charge is 0.331 e. The summed E-state index contributed by atoms with van der Waals surface area (Å²) in [5.74, 6) is 0.137. The summed E-state index contributed by atoms with van der Waals surface area (Å²) in [5, 5.41) is 2.49. The van der Waals surface area contributed by atoms with Crippen LogP contribution in [0.25, 0.3) is 21.3 Å². The minimum atomic E-state index is -1.14. The second kappa shape index (κ2) is 7.56. The van der Waals surface area contributed by atoms with Gasteiger partial charge in [0.25, 0.3) is 5.56 Å². The Morgan fingerprint density at radius 2 is 1.93 bits per heavy atom. The predicted octanol–water partition coefficient (Wildman–Crippen LogP) is 4.75. The maximum Gasteiger partial charge on any atom is 0.331 e. The van der Waals surface area contributed by atoms with E-state index in [0.29, 0.717) is 22.5 Å². The molecule has 0 radical (unpaired) electrons. The maximum atomic E-state index is 13.5. The van der Waals surface area contributed by atoms with Crippen molar-refractivity contribution in [1.82, 2.24) is 9.55 Å². The van der Waals surface area contributed by atoms with Crippen LogP contribution in [0.3, 0.4) is 0 Å². The Morgan fingerprint density at radius 3 is 2.52 bits per heavy atom. The first-order valence-corrected chi connectivity index (χ1v) is 10.4. The molecule has 142 valence electrons. The van der Waals surface area contributed by atoms with Crippen molar-refractivity contribution in [3.8, 4) is 11.1 Å². The van der Waals surface area contributed by atoms with Gasteiger partial charge in [-0.05, 0) is 38.5 Å². The number of thiophene rings is 1. The van der Waals surface area contributed by atoms with Crippen LogP contribution in [0.2, 0.25) is 0 Å². The molecule has 7 heteroatoms. The largest absolute Gasteiger partial charge is 0.464 e. The Morgan fingerprint density at radius 1 is 1.26 bits per heavy atom. The summed E-state index contributed by atoms with van der Waals surface area (Å²) in [6, 6.07) is 7.79. The highest BCUT2D eigenvalue weighted by Gasteiger charge is 2.35. The Balaban J connectivity index is 2.30. The van der Waals surface area contributed by atoms with E-state index in [-0.39, 0.29) is 12.2 Å². The number of aryl methyl sites for hydroxylation is 1. The number of hydrogen-bond acceptors (Lipinski definition) is 5. The molecule has 0 bridgehead atoms. The van der Waals surface area contributed by atoms with Gasteiger partial charge in [-0.2, -0.15) is 0 Å². The summed E-state index contributed by atoms with van der Waals surface area (Å²) in [4.78, 5) is 31.4. The number of esters is 1. The predicted molar refractivity (Wildman–Crippen MR) is 112 cm³/mol. The molecule has 3 rings (SSSR count). The molecule has 0 aliphatic carbocycles. The number of nitrogens with zero attached hydrogens (tertiary/aromatic N) is 2. The van der Waals surface area contributed by atoms with E-state index in [2.05, 4.69) is 15.9 Å². The van der Waals surface area contributed by atoms with Crippen LogP contribution in [-0.2, 0) is 21.5 Å². The van der Waals surface area contributed by atoms with Gasteiger partial charge in [-0.3, -0.25) is 9.36 Å². The number of carbonyl (C=O) groups is 1. The number of rotatable bonds is 5. The summed E-state index contributed by atoms with van der Waals surface area (Å²) in [6.07, 6.45) is 0.541. The first-order valence-electron chi connectivity index (χ1n) is 8.78. The van der Waals surface area contributed by atoms with Gasteiger partial charge in [0.2, 0.25) is 0 Å². The topological polar surface area (TPSA) is 61.2 Å². The van der Waals surface area contributed by atoms with Crippen molar-refractivity contribution in [2.24, 2.45) is 0 Å². The van der Waals surface area contributed by atoms with E-state index in [1.54, 1.807) is 20.8 Å². The van der Waals surface area contributed by atoms with Crippen molar-refractivity contribution < 1.29 is 9.53 Å². The molecule has 1 aromatic carbocycles. The third-order valence-electron chi connectivity index (χ3n) is 4.48. The van der Waals surface area contributed by atoms with Crippen molar-refractivity contribution in [3.05, 3.63) is 50.3 Å². The lowest BCUT2D eigenvalue weighted by Crippen LogP contribution is -2.45. The van der Waals surface area contributed by atoms with Crippen LogP contribution < -0.4 is 5.56 Å². The van der Waals surface area contributed by atoms with E-state index >= 15 is 0 Å². The average Bonchev–Trinajstić information content (AvgIpc) is 3.06. The molecule has 0 aliphatic heterocycles. The lowest BCUT2D eigenvalue weighted by Gasteiger charge is -2.27. The molecular formula is C20H21BrN2O3S. The van der Waals surface area contributed by atoms with Crippen molar-refractivity contribution in [2.75, 3.05) is 6.61 Å². The Kier molecular flexibility index (Phi) is 5.53. The second-order valence-electron chi connectivity index (χ2n) is 6.64. The molecule has 0 fully saturated rings. The van der Waals surface area contributed by atoms with Crippen LogP contribution in [-0.4, -0.2) is 22.1 Å². The summed E-state index contributed by atoms with van der Waals surface area (Å²) >= 11 is 4.88. The van der Waals surface area contributed by atoms with E-state index in [9.17, 15) is 9.59 Å². The lowest BCUT2D eigenvalue weighted by molar-refractivity contribution is -0.152. The second-order valence-corrected chi connectivity index (χ2v) is 8.41. The van der Waals surface area contributed by atoms with Gasteiger partial charge < -0.3 is 4.74 Å². The number of halogens is 1. The molecule has 0 spiro atoms. The van der Waals surface area contributed by atoms with Crippen molar-refractivity contribution in [1.29, 1.82) is 0 Å². The molecule has 0 amide bonds. The molecule has 2 heterocycles. The minimum Gasteiger partial charge on any atom is -0.464 e. The summed E-state index contributed by atoms with van der Waals surface area (Å²) < 4.78 is 7.67. The number of carbonyl (C=O) groups excluding carboxylic acids is 1. The van der Waals surface area contributed by atoms with Crippen LogP contribution in [0.5, 0.6) is 0 Å². The monoisotopic (exact) mass is 448 g/mol. The molecule has 2 aromatic heterocycles. The van der Waals surface area contributed by atoms with Gasteiger partial charge in [0.15, 0.2) is 0 Å². The van der Waals surface area contributed by atoms with Gasteiger partial charge in [0.05, 0.1) is 12.0 Å². The molecule has 0 aliphatic rings. The molecule has 0 unspecified atom stereocenters. The quantitative estimate of drug-likeness (QED) is 0.528.